The number of nitriles is 1. The number of benzene rings is 2. The van der Waals surface area contributed by atoms with Gasteiger partial charge in [-0.05, 0) is 108 Å². The molecule has 3 aliphatic heterocycles. The molecule has 1 N–H and O–H groups in total. The van der Waals surface area contributed by atoms with Crippen LogP contribution in [0.5, 0.6) is 11.8 Å². The molecule has 3 saturated heterocycles. The summed E-state index contributed by atoms with van der Waals surface area (Å²) in [5, 5.41) is 18.7. The van der Waals surface area contributed by atoms with E-state index in [4.69, 9.17) is 29.4 Å². The van der Waals surface area contributed by atoms with Crippen LogP contribution in [0.25, 0.3) is 32.9 Å². The van der Waals surface area contributed by atoms with Crippen molar-refractivity contribution in [3.8, 4) is 29.0 Å². The molecule has 12 nitrogen and oxygen atoms in total. The molecule has 0 radical (unpaired) electrons. The number of fused-ring (bicyclic) bond motifs is 2. The molecule has 4 aliphatic rings. The fraction of sp³-hybridized carbons (Fsp3) is 0.585. The van der Waals surface area contributed by atoms with Gasteiger partial charge in [-0.25, -0.2) is 4.79 Å². The highest BCUT2D eigenvalue weighted by molar-refractivity contribution is 6.06. The van der Waals surface area contributed by atoms with Gasteiger partial charge in [0.2, 0.25) is 0 Å². The Bertz CT molecular complexity index is 2040. The Hall–Kier alpha value is -4.63. The molecule has 8 rings (SSSR count). The number of amides is 1. The second-order valence-electron chi connectivity index (χ2n) is 16.6. The number of hydrogen-bond acceptors (Lipinski definition) is 10. The monoisotopic (exact) mass is 720 g/mol. The summed E-state index contributed by atoms with van der Waals surface area (Å²) in [4.78, 5) is 29.8. The van der Waals surface area contributed by atoms with Crippen LogP contribution in [0, 0.1) is 23.7 Å². The molecule has 4 fully saturated rings. The van der Waals surface area contributed by atoms with E-state index in [1.807, 2.05) is 38.8 Å². The van der Waals surface area contributed by atoms with Gasteiger partial charge in [0.25, 0.3) is 0 Å². The Morgan fingerprint density at radius 3 is 2.47 bits per heavy atom. The van der Waals surface area contributed by atoms with Gasteiger partial charge in [-0.15, -0.1) is 0 Å². The van der Waals surface area contributed by atoms with Gasteiger partial charge < -0.3 is 28.9 Å². The van der Waals surface area contributed by atoms with Crippen LogP contribution in [0.4, 0.5) is 10.6 Å². The van der Waals surface area contributed by atoms with E-state index >= 15 is 0 Å². The van der Waals surface area contributed by atoms with Crippen molar-refractivity contribution in [2.24, 2.45) is 5.41 Å². The SMILES string of the molecule is CCOc1c(-c2c(C)ccc3[nH]ncc23)c(C2CC2)cc2c(N3CCC4(CC3)CN(C(=O)OC(C)(C)C)C4)nc(OC3CCN(CCC#N)CC3)nc12. The van der Waals surface area contributed by atoms with Crippen molar-refractivity contribution in [2.75, 3.05) is 57.3 Å². The number of carbonyl (C=O) groups excluding carboxylic acids is 1. The molecule has 1 amide bonds. The van der Waals surface area contributed by atoms with E-state index in [-0.39, 0.29) is 17.6 Å². The van der Waals surface area contributed by atoms with Crippen molar-refractivity contribution in [3.63, 3.8) is 0 Å². The number of rotatable bonds is 9. The molecule has 53 heavy (non-hydrogen) atoms. The molecule has 1 saturated carbocycles. The summed E-state index contributed by atoms with van der Waals surface area (Å²) >= 11 is 0. The minimum absolute atomic E-state index is 0.0141. The first-order chi connectivity index (χ1) is 25.5. The van der Waals surface area contributed by atoms with Gasteiger partial charge in [-0.1, -0.05) is 6.07 Å². The lowest BCUT2D eigenvalue weighted by Crippen LogP contribution is -2.62. The van der Waals surface area contributed by atoms with Gasteiger partial charge >= 0.3 is 12.1 Å². The molecular weight excluding hydrogens is 669 g/mol. The predicted molar refractivity (Wildman–Crippen MR) is 205 cm³/mol. The Kier molecular flexibility index (Phi) is 9.34. The molecule has 2 aromatic heterocycles. The normalized spacial score (nSPS) is 19.4. The fourth-order valence-electron chi connectivity index (χ4n) is 8.57. The summed E-state index contributed by atoms with van der Waals surface area (Å²) in [5.41, 5.74) is 6.04. The number of hydrogen-bond donors (Lipinski definition) is 1. The van der Waals surface area contributed by atoms with Crippen molar-refractivity contribution >= 4 is 33.7 Å². The Morgan fingerprint density at radius 2 is 1.79 bits per heavy atom. The van der Waals surface area contributed by atoms with Crippen LogP contribution < -0.4 is 14.4 Å². The molecule has 2 aromatic carbocycles. The highest BCUT2D eigenvalue weighted by Gasteiger charge is 2.48. The summed E-state index contributed by atoms with van der Waals surface area (Å²) in [7, 11) is 0. The Balaban J connectivity index is 1.18. The number of anilines is 1. The minimum atomic E-state index is -0.505. The standard InChI is InChI=1S/C41H52N8O4/c1-6-51-36-34(33-26(2)8-11-32-31(33)23-43-46-32)29(27-9-10-27)22-30-35(36)44-38(52-28-12-18-47(19-13-28)17-7-16-42)45-37(30)48-20-14-41(15-21-48)24-49(25-41)39(50)53-40(3,4)5/h8,11,22-23,27-28H,6-7,9-10,12-15,17-21,24-25H2,1-5H3,(H,43,46). The van der Waals surface area contributed by atoms with Crippen molar-refractivity contribution in [1.29, 1.82) is 5.26 Å². The number of H-pyrrole nitrogens is 1. The molecule has 5 heterocycles. The second kappa shape index (κ2) is 14.0. The molecule has 0 atom stereocenters. The zero-order valence-electron chi connectivity index (χ0n) is 31.8. The Morgan fingerprint density at radius 1 is 1.04 bits per heavy atom. The Labute approximate surface area is 311 Å². The van der Waals surface area contributed by atoms with Crippen LogP contribution in [0.1, 0.15) is 89.7 Å². The second-order valence-corrected chi connectivity index (χ2v) is 16.6. The lowest BCUT2D eigenvalue weighted by atomic mass is 9.72. The van der Waals surface area contributed by atoms with Gasteiger partial charge in [-0.2, -0.15) is 20.3 Å². The smallest absolute Gasteiger partial charge is 0.410 e. The molecule has 280 valence electrons. The lowest BCUT2D eigenvalue weighted by Gasteiger charge is -2.53. The van der Waals surface area contributed by atoms with Crippen molar-refractivity contribution in [3.05, 3.63) is 35.5 Å². The van der Waals surface area contributed by atoms with Crippen LogP contribution in [-0.2, 0) is 4.74 Å². The number of nitrogens with zero attached hydrogens (tertiary/aromatic N) is 7. The number of piperidine rings is 2. The quantitative estimate of drug-likeness (QED) is 0.187. The van der Waals surface area contributed by atoms with E-state index < -0.39 is 5.60 Å². The van der Waals surface area contributed by atoms with E-state index in [1.165, 1.54) is 5.56 Å². The third kappa shape index (κ3) is 7.08. The summed E-state index contributed by atoms with van der Waals surface area (Å²) in [5.74, 6) is 2.11. The third-order valence-corrected chi connectivity index (χ3v) is 11.5. The fourth-order valence-corrected chi connectivity index (χ4v) is 8.57. The lowest BCUT2D eigenvalue weighted by molar-refractivity contribution is -0.0434. The maximum Gasteiger partial charge on any atom is 0.410 e. The zero-order valence-corrected chi connectivity index (χ0v) is 31.8. The minimum Gasteiger partial charge on any atom is -0.491 e. The molecule has 1 aliphatic carbocycles. The first-order valence-corrected chi connectivity index (χ1v) is 19.5. The molecule has 12 heteroatoms. The van der Waals surface area contributed by atoms with Gasteiger partial charge in [0.05, 0.1) is 24.4 Å². The topological polar surface area (TPSA) is 133 Å². The number of carbonyl (C=O) groups is 1. The van der Waals surface area contributed by atoms with Crippen LogP contribution in [0.15, 0.2) is 24.4 Å². The van der Waals surface area contributed by atoms with Crippen LogP contribution in [0.2, 0.25) is 0 Å². The van der Waals surface area contributed by atoms with Crippen LogP contribution >= 0.6 is 0 Å². The number of ether oxygens (including phenoxy) is 3. The first kappa shape index (κ1) is 35.4. The predicted octanol–water partition coefficient (Wildman–Crippen LogP) is 7.35. The number of nitrogens with one attached hydrogen (secondary N) is 1. The van der Waals surface area contributed by atoms with Crippen LogP contribution in [-0.4, -0.2) is 100 Å². The number of aromatic amines is 1. The van der Waals surface area contributed by atoms with E-state index in [2.05, 4.69) is 51.2 Å². The molecule has 0 bridgehead atoms. The van der Waals surface area contributed by atoms with Gasteiger partial charge in [0, 0.05) is 74.0 Å². The summed E-state index contributed by atoms with van der Waals surface area (Å²) in [6, 6.07) is 9.24. The molecule has 4 aromatic rings. The van der Waals surface area contributed by atoms with E-state index in [9.17, 15) is 4.79 Å². The highest BCUT2D eigenvalue weighted by Crippen LogP contribution is 2.53. The number of aryl methyl sites for hydroxylation is 1. The molecular formula is C41H52N8O4. The van der Waals surface area contributed by atoms with Crippen molar-refractivity contribution in [2.45, 2.75) is 97.2 Å². The summed E-state index contributed by atoms with van der Waals surface area (Å²) in [6.45, 7) is 16.1. The molecule has 1 spiro atoms. The third-order valence-electron chi connectivity index (χ3n) is 11.5. The first-order valence-electron chi connectivity index (χ1n) is 19.5. The van der Waals surface area contributed by atoms with E-state index in [1.54, 1.807) is 0 Å². The maximum absolute atomic E-state index is 12.8. The zero-order chi connectivity index (χ0) is 36.9. The van der Waals surface area contributed by atoms with Crippen molar-refractivity contribution < 1.29 is 19.0 Å². The van der Waals surface area contributed by atoms with Gasteiger partial charge in [0.1, 0.15) is 23.0 Å². The maximum atomic E-state index is 12.8. The van der Waals surface area contributed by atoms with E-state index in [0.29, 0.717) is 25.0 Å². The summed E-state index contributed by atoms with van der Waals surface area (Å²) < 4.78 is 19.0. The van der Waals surface area contributed by atoms with Gasteiger partial charge in [0.15, 0.2) is 5.75 Å². The van der Waals surface area contributed by atoms with Crippen LogP contribution in [0.3, 0.4) is 0 Å². The largest absolute Gasteiger partial charge is 0.491 e. The number of aromatic nitrogens is 4. The van der Waals surface area contributed by atoms with E-state index in [0.717, 1.165) is 134 Å². The molecule has 0 unspecified atom stereocenters. The average molecular weight is 721 g/mol. The average Bonchev–Trinajstić information content (AvgIpc) is 3.86. The highest BCUT2D eigenvalue weighted by atomic mass is 16.6. The number of likely N-dealkylation sites (tertiary alicyclic amines) is 2. The van der Waals surface area contributed by atoms with Crippen molar-refractivity contribution in [1.82, 2.24) is 30.0 Å². The van der Waals surface area contributed by atoms with Gasteiger partial charge in [-0.3, -0.25) is 5.10 Å². The summed E-state index contributed by atoms with van der Waals surface area (Å²) in [6.07, 6.45) is 8.12.